The van der Waals surface area contributed by atoms with E-state index in [1.165, 1.54) is 11.3 Å². The highest BCUT2D eigenvalue weighted by atomic mass is 35.5. The zero-order chi connectivity index (χ0) is 10.1. The van der Waals surface area contributed by atoms with Crippen molar-refractivity contribution in [1.29, 1.82) is 10.5 Å². The van der Waals surface area contributed by atoms with Gasteiger partial charge < -0.3 is 0 Å². The van der Waals surface area contributed by atoms with E-state index in [1.54, 1.807) is 12.1 Å². The quantitative estimate of drug-likeness (QED) is 0.681. The predicted molar refractivity (Wildman–Crippen MR) is 56.3 cm³/mol. The van der Waals surface area contributed by atoms with Crippen LogP contribution in [0, 0.1) is 22.7 Å². The normalized spacial score (nSPS) is 9.64. The summed E-state index contributed by atoms with van der Waals surface area (Å²) >= 11 is 7.31. The summed E-state index contributed by atoms with van der Waals surface area (Å²) in [6.07, 6.45) is 0. The fourth-order valence-corrected chi connectivity index (χ4v) is 2.45. The third-order valence-corrected chi connectivity index (χ3v) is 3.44. The van der Waals surface area contributed by atoms with Crippen LogP contribution < -0.4 is 0 Å². The zero-order valence-electron chi connectivity index (χ0n) is 6.91. The van der Waals surface area contributed by atoms with Gasteiger partial charge in [0.15, 0.2) is 0 Å². The Morgan fingerprint density at radius 3 is 2.64 bits per heavy atom. The van der Waals surface area contributed by atoms with Crippen molar-refractivity contribution in [3.63, 3.8) is 0 Å². The average Bonchev–Trinajstić information content (AvgIpc) is 2.55. The molecule has 0 fully saturated rings. The van der Waals surface area contributed by atoms with E-state index in [9.17, 15) is 0 Å². The van der Waals surface area contributed by atoms with Crippen LogP contribution in [0.2, 0.25) is 5.02 Å². The van der Waals surface area contributed by atoms with Crippen molar-refractivity contribution in [3.8, 4) is 12.1 Å². The number of rotatable bonds is 0. The maximum Gasteiger partial charge on any atom is 0.124 e. The topological polar surface area (TPSA) is 47.6 Å². The monoisotopic (exact) mass is 218 g/mol. The van der Waals surface area contributed by atoms with Gasteiger partial charge in [0.25, 0.3) is 0 Å². The molecule has 0 aliphatic carbocycles. The van der Waals surface area contributed by atoms with Crippen LogP contribution in [0.15, 0.2) is 18.2 Å². The van der Waals surface area contributed by atoms with Crippen LogP contribution in [0.3, 0.4) is 0 Å². The Hall–Kier alpha value is -1.55. The number of nitrogens with zero attached hydrogens (tertiary/aromatic N) is 2. The molecule has 1 aromatic heterocycles. The predicted octanol–water partition coefficient (Wildman–Crippen LogP) is 3.30. The zero-order valence-corrected chi connectivity index (χ0v) is 8.49. The number of thiophene rings is 1. The van der Waals surface area contributed by atoms with Gasteiger partial charge in [-0.15, -0.1) is 11.3 Å². The molecule has 14 heavy (non-hydrogen) atoms. The Morgan fingerprint density at radius 1 is 1.21 bits per heavy atom. The van der Waals surface area contributed by atoms with Crippen LogP contribution in [0.1, 0.15) is 10.4 Å². The first-order valence-corrected chi connectivity index (χ1v) is 4.98. The van der Waals surface area contributed by atoms with Gasteiger partial charge in [-0.05, 0) is 18.2 Å². The van der Waals surface area contributed by atoms with Gasteiger partial charge in [-0.3, -0.25) is 0 Å². The van der Waals surface area contributed by atoms with Crippen LogP contribution in [-0.4, -0.2) is 0 Å². The van der Waals surface area contributed by atoms with Crippen molar-refractivity contribution in [2.24, 2.45) is 0 Å². The molecule has 2 nitrogen and oxygen atoms in total. The molecule has 0 unspecified atom stereocenters. The highest BCUT2D eigenvalue weighted by Crippen LogP contribution is 2.35. The standard InChI is InChI=1S/C10H3ClN2S/c11-10-7-3-6(4-12)1-2-8(7)14-9(10)5-13/h1-3H. The summed E-state index contributed by atoms with van der Waals surface area (Å²) in [6.45, 7) is 0. The molecule has 0 spiro atoms. The first-order valence-electron chi connectivity index (χ1n) is 3.78. The Bertz CT molecular complexity index is 586. The minimum atomic E-state index is 0.449. The molecule has 0 N–H and O–H groups in total. The van der Waals surface area contributed by atoms with E-state index < -0.39 is 0 Å². The summed E-state index contributed by atoms with van der Waals surface area (Å²) < 4.78 is 0.936. The van der Waals surface area contributed by atoms with Crippen LogP contribution in [0.4, 0.5) is 0 Å². The molecule has 1 heterocycles. The van der Waals surface area contributed by atoms with Crippen LogP contribution >= 0.6 is 22.9 Å². The van der Waals surface area contributed by atoms with Crippen LogP contribution in [-0.2, 0) is 0 Å². The maximum absolute atomic E-state index is 8.76. The van der Waals surface area contributed by atoms with Crippen LogP contribution in [0.25, 0.3) is 10.1 Å². The number of benzene rings is 1. The van der Waals surface area contributed by atoms with Gasteiger partial charge >= 0.3 is 0 Å². The van der Waals surface area contributed by atoms with Crippen molar-refractivity contribution >= 4 is 33.0 Å². The Balaban J connectivity index is 2.84. The minimum absolute atomic E-state index is 0.449. The molecular formula is C10H3ClN2S. The lowest BCUT2D eigenvalue weighted by Gasteiger charge is -1.90. The van der Waals surface area contributed by atoms with Crippen molar-refractivity contribution in [1.82, 2.24) is 0 Å². The number of fused-ring (bicyclic) bond motifs is 1. The van der Waals surface area contributed by atoms with E-state index in [4.69, 9.17) is 22.1 Å². The van der Waals surface area contributed by atoms with E-state index >= 15 is 0 Å². The largest absolute Gasteiger partial charge is 0.192 e. The summed E-state index contributed by atoms with van der Waals surface area (Å²) in [5.74, 6) is 0. The molecule has 0 bridgehead atoms. The lowest BCUT2D eigenvalue weighted by molar-refractivity contribution is 1.50. The Morgan fingerprint density at radius 2 is 2.00 bits per heavy atom. The number of hydrogen-bond acceptors (Lipinski definition) is 3. The molecule has 2 aromatic rings. The summed E-state index contributed by atoms with van der Waals surface area (Å²) in [7, 11) is 0. The SMILES string of the molecule is N#Cc1ccc2sc(C#N)c(Cl)c2c1. The fraction of sp³-hybridized carbons (Fsp3) is 0. The molecule has 0 aliphatic heterocycles. The van der Waals surface area contributed by atoms with E-state index in [0.29, 0.717) is 15.5 Å². The highest BCUT2D eigenvalue weighted by Gasteiger charge is 2.09. The Kier molecular flexibility index (Phi) is 2.13. The van der Waals surface area contributed by atoms with E-state index in [1.807, 2.05) is 18.2 Å². The lowest BCUT2D eigenvalue weighted by atomic mass is 10.2. The molecule has 66 valence electrons. The average molecular weight is 219 g/mol. The second kappa shape index (κ2) is 3.31. The Labute approximate surface area is 89.6 Å². The smallest absolute Gasteiger partial charge is 0.124 e. The van der Waals surface area contributed by atoms with Crippen LogP contribution in [0.5, 0.6) is 0 Å². The maximum atomic E-state index is 8.76. The van der Waals surface area contributed by atoms with Crippen molar-refractivity contribution in [2.45, 2.75) is 0 Å². The van der Waals surface area contributed by atoms with Gasteiger partial charge in [-0.2, -0.15) is 10.5 Å². The van der Waals surface area contributed by atoms with Gasteiger partial charge in [0.1, 0.15) is 10.9 Å². The van der Waals surface area contributed by atoms with Gasteiger partial charge in [0.05, 0.1) is 16.7 Å². The van der Waals surface area contributed by atoms with Gasteiger partial charge in [0.2, 0.25) is 0 Å². The van der Waals surface area contributed by atoms with Gasteiger partial charge in [0, 0.05) is 10.1 Å². The number of nitriles is 2. The number of halogens is 1. The molecular weight excluding hydrogens is 216 g/mol. The lowest BCUT2D eigenvalue weighted by Crippen LogP contribution is -1.71. The first kappa shape index (κ1) is 9.02. The van der Waals surface area contributed by atoms with Crippen molar-refractivity contribution in [3.05, 3.63) is 33.7 Å². The van der Waals surface area contributed by atoms with Gasteiger partial charge in [-0.25, -0.2) is 0 Å². The van der Waals surface area contributed by atoms with E-state index in [-0.39, 0.29) is 0 Å². The van der Waals surface area contributed by atoms with Crippen molar-refractivity contribution < 1.29 is 0 Å². The third-order valence-electron chi connectivity index (χ3n) is 1.86. The van der Waals surface area contributed by atoms with Gasteiger partial charge in [-0.1, -0.05) is 11.6 Å². The third kappa shape index (κ3) is 1.24. The fourth-order valence-electron chi connectivity index (χ4n) is 1.21. The molecule has 0 radical (unpaired) electrons. The molecule has 0 aliphatic rings. The molecule has 4 heteroatoms. The summed E-state index contributed by atoms with van der Waals surface area (Å²) in [5.41, 5.74) is 0.557. The van der Waals surface area contributed by atoms with E-state index in [2.05, 4.69) is 0 Å². The summed E-state index contributed by atoms with van der Waals surface area (Å²) in [5, 5.41) is 18.7. The summed E-state index contributed by atoms with van der Waals surface area (Å²) in [4.78, 5) is 0.497. The molecule has 2 rings (SSSR count). The van der Waals surface area contributed by atoms with E-state index in [0.717, 1.165) is 10.1 Å². The van der Waals surface area contributed by atoms with Crippen molar-refractivity contribution in [2.75, 3.05) is 0 Å². The first-order chi connectivity index (χ1) is 6.76. The molecule has 0 saturated carbocycles. The minimum Gasteiger partial charge on any atom is -0.192 e. The number of hydrogen-bond donors (Lipinski definition) is 0. The second-order valence-electron chi connectivity index (χ2n) is 2.68. The molecule has 0 amide bonds. The summed E-state index contributed by atoms with van der Waals surface area (Å²) in [6, 6.07) is 9.30. The molecule has 0 atom stereocenters. The highest BCUT2D eigenvalue weighted by molar-refractivity contribution is 7.20. The molecule has 1 aromatic carbocycles. The molecule has 0 saturated heterocycles. The second-order valence-corrected chi connectivity index (χ2v) is 4.11.